The van der Waals surface area contributed by atoms with Gasteiger partial charge in [0.25, 0.3) is 0 Å². The minimum atomic E-state index is -0.441. The molecule has 1 fully saturated rings. The second kappa shape index (κ2) is 8.75. The first-order chi connectivity index (χ1) is 10.7. The molecule has 1 aromatic rings. The Hall–Kier alpha value is -1.60. The largest absolute Gasteiger partial charge is 0.383 e. The minimum Gasteiger partial charge on any atom is -0.383 e. The number of methoxy groups -OCH3 is 1. The molecule has 1 atom stereocenters. The normalized spacial score (nSPS) is 18.4. The van der Waals surface area contributed by atoms with E-state index in [2.05, 4.69) is 10.6 Å². The number of nitrogens with zero attached hydrogens (tertiary/aromatic N) is 1. The first-order valence-corrected chi connectivity index (χ1v) is 8.43. The zero-order valence-corrected chi connectivity index (χ0v) is 13.7. The van der Waals surface area contributed by atoms with Crippen molar-refractivity contribution < 1.29 is 14.3 Å². The molecule has 0 aromatic carbocycles. The van der Waals surface area contributed by atoms with Gasteiger partial charge in [0.1, 0.15) is 6.04 Å². The van der Waals surface area contributed by atoms with Crippen molar-refractivity contribution in [3.05, 3.63) is 22.4 Å². The van der Waals surface area contributed by atoms with Gasteiger partial charge >= 0.3 is 6.03 Å². The number of carbonyl (C=O) groups excluding carboxylic acids is 2. The van der Waals surface area contributed by atoms with Gasteiger partial charge in [0.15, 0.2) is 0 Å². The summed E-state index contributed by atoms with van der Waals surface area (Å²) in [5, 5.41) is 7.67. The molecule has 3 amide bonds. The van der Waals surface area contributed by atoms with Crippen LogP contribution >= 0.6 is 11.3 Å². The number of carbonyl (C=O) groups is 2. The topological polar surface area (TPSA) is 70.7 Å². The molecule has 1 saturated heterocycles. The maximum absolute atomic E-state index is 12.5. The molecule has 22 heavy (non-hydrogen) atoms. The first-order valence-electron chi connectivity index (χ1n) is 7.55. The van der Waals surface area contributed by atoms with E-state index in [9.17, 15) is 9.59 Å². The standard InChI is InChI=1S/C15H23N3O3S/c1-21-9-8-18(11-12-5-4-10-22-12)15(20)17-13-6-2-3-7-16-14(13)19/h4-5,10,13H,2-3,6-9,11H2,1H3,(H,16,19)(H,17,20)/t13-/m1/s1. The average molecular weight is 325 g/mol. The lowest BCUT2D eigenvalue weighted by atomic mass is 10.1. The molecule has 0 spiro atoms. The lowest BCUT2D eigenvalue weighted by molar-refractivity contribution is -0.122. The molecule has 0 aliphatic carbocycles. The van der Waals surface area contributed by atoms with Crippen LogP contribution in [0.1, 0.15) is 24.1 Å². The number of hydrogen-bond donors (Lipinski definition) is 2. The molecule has 2 heterocycles. The van der Waals surface area contributed by atoms with Crippen LogP contribution in [0.3, 0.4) is 0 Å². The molecule has 7 heteroatoms. The summed E-state index contributed by atoms with van der Waals surface area (Å²) in [6.07, 6.45) is 2.59. The average Bonchev–Trinajstić information content (AvgIpc) is 2.94. The third-order valence-electron chi connectivity index (χ3n) is 3.61. The SMILES string of the molecule is COCCN(Cc1cccs1)C(=O)N[C@@H]1CCCCNC1=O. The van der Waals surface area contributed by atoms with E-state index < -0.39 is 6.04 Å². The highest BCUT2D eigenvalue weighted by Crippen LogP contribution is 2.13. The van der Waals surface area contributed by atoms with Crippen LogP contribution in [-0.2, 0) is 16.1 Å². The minimum absolute atomic E-state index is 0.0892. The van der Waals surface area contributed by atoms with Crippen LogP contribution in [-0.4, -0.2) is 49.7 Å². The highest BCUT2D eigenvalue weighted by atomic mass is 32.1. The number of urea groups is 1. The summed E-state index contributed by atoms with van der Waals surface area (Å²) in [4.78, 5) is 27.2. The predicted octanol–water partition coefficient (Wildman–Crippen LogP) is 1.57. The van der Waals surface area contributed by atoms with Crippen LogP contribution in [0, 0.1) is 0 Å². The third kappa shape index (κ3) is 4.99. The van der Waals surface area contributed by atoms with Crippen molar-refractivity contribution in [1.82, 2.24) is 15.5 Å². The van der Waals surface area contributed by atoms with E-state index in [1.165, 1.54) is 0 Å². The van der Waals surface area contributed by atoms with Gasteiger partial charge in [-0.3, -0.25) is 4.79 Å². The summed E-state index contributed by atoms with van der Waals surface area (Å²) in [7, 11) is 1.61. The number of nitrogens with one attached hydrogen (secondary N) is 2. The van der Waals surface area contributed by atoms with Gasteiger partial charge in [-0.25, -0.2) is 4.79 Å². The molecule has 1 aromatic heterocycles. The number of thiophene rings is 1. The van der Waals surface area contributed by atoms with E-state index in [1.807, 2.05) is 17.5 Å². The van der Waals surface area contributed by atoms with E-state index in [0.29, 0.717) is 32.7 Å². The van der Waals surface area contributed by atoms with Crippen molar-refractivity contribution in [3.63, 3.8) is 0 Å². The fourth-order valence-corrected chi connectivity index (χ4v) is 3.08. The van der Waals surface area contributed by atoms with E-state index >= 15 is 0 Å². The molecule has 6 nitrogen and oxygen atoms in total. The summed E-state index contributed by atoms with van der Waals surface area (Å²) < 4.78 is 5.08. The Balaban J connectivity index is 1.96. The Kier molecular flexibility index (Phi) is 6.67. The van der Waals surface area contributed by atoms with Crippen LogP contribution in [0.25, 0.3) is 0 Å². The summed E-state index contributed by atoms with van der Waals surface area (Å²) in [5.41, 5.74) is 0. The lowest BCUT2D eigenvalue weighted by Gasteiger charge is -2.25. The zero-order chi connectivity index (χ0) is 15.8. The van der Waals surface area contributed by atoms with Gasteiger partial charge in [-0.05, 0) is 30.7 Å². The Morgan fingerprint density at radius 1 is 1.55 bits per heavy atom. The van der Waals surface area contributed by atoms with E-state index in [0.717, 1.165) is 17.7 Å². The molecular formula is C15H23N3O3S. The first kappa shape index (κ1) is 16.8. The van der Waals surface area contributed by atoms with E-state index in [1.54, 1.807) is 23.3 Å². The molecule has 0 unspecified atom stereocenters. The van der Waals surface area contributed by atoms with Crippen LogP contribution in [0.4, 0.5) is 4.79 Å². The Morgan fingerprint density at radius 2 is 2.41 bits per heavy atom. The van der Waals surface area contributed by atoms with Gasteiger partial charge in [0, 0.05) is 25.1 Å². The third-order valence-corrected chi connectivity index (χ3v) is 4.47. The fourth-order valence-electron chi connectivity index (χ4n) is 2.36. The molecule has 0 saturated carbocycles. The number of amides is 3. The second-order valence-corrected chi connectivity index (χ2v) is 6.31. The van der Waals surface area contributed by atoms with Crippen molar-refractivity contribution in [2.24, 2.45) is 0 Å². The van der Waals surface area contributed by atoms with Crippen molar-refractivity contribution in [3.8, 4) is 0 Å². The molecule has 0 radical (unpaired) electrons. The Morgan fingerprint density at radius 3 is 3.14 bits per heavy atom. The van der Waals surface area contributed by atoms with Gasteiger partial charge in [-0.15, -0.1) is 11.3 Å². The predicted molar refractivity (Wildman–Crippen MR) is 85.8 cm³/mol. The highest BCUT2D eigenvalue weighted by Gasteiger charge is 2.24. The Labute approximate surface area is 134 Å². The van der Waals surface area contributed by atoms with Gasteiger partial charge < -0.3 is 20.3 Å². The van der Waals surface area contributed by atoms with E-state index in [-0.39, 0.29) is 11.9 Å². The number of hydrogen-bond acceptors (Lipinski definition) is 4. The van der Waals surface area contributed by atoms with Gasteiger partial charge in [-0.2, -0.15) is 0 Å². The van der Waals surface area contributed by atoms with Gasteiger partial charge in [-0.1, -0.05) is 6.07 Å². The van der Waals surface area contributed by atoms with Gasteiger partial charge in [0.2, 0.25) is 5.91 Å². The van der Waals surface area contributed by atoms with Crippen LogP contribution in [0.5, 0.6) is 0 Å². The highest BCUT2D eigenvalue weighted by molar-refractivity contribution is 7.09. The Bertz CT molecular complexity index is 478. The number of rotatable bonds is 6. The van der Waals surface area contributed by atoms with Crippen molar-refractivity contribution >= 4 is 23.3 Å². The van der Waals surface area contributed by atoms with Crippen molar-refractivity contribution in [2.75, 3.05) is 26.8 Å². The van der Waals surface area contributed by atoms with E-state index in [4.69, 9.17) is 4.74 Å². The molecule has 1 aliphatic heterocycles. The van der Waals surface area contributed by atoms with Crippen LogP contribution in [0.15, 0.2) is 17.5 Å². The van der Waals surface area contributed by atoms with Gasteiger partial charge in [0.05, 0.1) is 13.2 Å². The zero-order valence-electron chi connectivity index (χ0n) is 12.8. The quantitative estimate of drug-likeness (QED) is 0.834. The number of ether oxygens (including phenoxy) is 1. The summed E-state index contributed by atoms with van der Waals surface area (Å²) in [6.45, 7) is 2.18. The molecule has 122 valence electrons. The maximum Gasteiger partial charge on any atom is 0.318 e. The molecule has 1 aliphatic rings. The fraction of sp³-hybridized carbons (Fsp3) is 0.600. The van der Waals surface area contributed by atoms with Crippen LogP contribution in [0.2, 0.25) is 0 Å². The summed E-state index contributed by atoms with van der Waals surface area (Å²) in [6, 6.07) is 3.30. The molecular weight excluding hydrogens is 302 g/mol. The molecule has 2 rings (SSSR count). The summed E-state index contributed by atoms with van der Waals surface area (Å²) in [5.74, 6) is -0.0892. The molecule has 0 bridgehead atoms. The monoisotopic (exact) mass is 325 g/mol. The second-order valence-electron chi connectivity index (χ2n) is 5.28. The lowest BCUT2D eigenvalue weighted by Crippen LogP contribution is -2.50. The van der Waals surface area contributed by atoms with Crippen molar-refractivity contribution in [1.29, 1.82) is 0 Å². The maximum atomic E-state index is 12.5. The van der Waals surface area contributed by atoms with Crippen molar-refractivity contribution in [2.45, 2.75) is 31.8 Å². The summed E-state index contributed by atoms with van der Waals surface area (Å²) >= 11 is 1.61. The molecule has 2 N–H and O–H groups in total. The van der Waals surface area contributed by atoms with Crippen LogP contribution < -0.4 is 10.6 Å². The smallest absolute Gasteiger partial charge is 0.318 e.